The highest BCUT2D eigenvalue weighted by Crippen LogP contribution is 2.42. The number of amides is 1. The van der Waals surface area contributed by atoms with Gasteiger partial charge in [-0.05, 0) is 60.9 Å². The lowest BCUT2D eigenvalue weighted by molar-refractivity contribution is -0.120. The highest BCUT2D eigenvalue weighted by Gasteiger charge is 2.24. The molecule has 1 unspecified atom stereocenters. The number of hydrogen-bond donors (Lipinski definition) is 1. The Morgan fingerprint density at radius 1 is 1.24 bits per heavy atom. The molecule has 0 radical (unpaired) electrons. The standard InChI is InChI=1S/C22H27NO2/c1-4-22(24)23-12-11-17-9-10-18-13-20(21(25-3)14-19(17)18)16-7-5-15(2)6-8-16/h5-8,13-14,17H,4,9-12H2,1-3H3,(H,23,24). The summed E-state index contributed by atoms with van der Waals surface area (Å²) in [5, 5.41) is 2.99. The monoisotopic (exact) mass is 337 g/mol. The fourth-order valence-electron chi connectivity index (χ4n) is 3.66. The summed E-state index contributed by atoms with van der Waals surface area (Å²) in [6.07, 6.45) is 3.79. The van der Waals surface area contributed by atoms with Gasteiger partial charge in [-0.15, -0.1) is 0 Å². The number of fused-ring (bicyclic) bond motifs is 1. The molecule has 3 nitrogen and oxygen atoms in total. The van der Waals surface area contributed by atoms with Gasteiger partial charge in [0.2, 0.25) is 5.91 Å². The van der Waals surface area contributed by atoms with E-state index in [1.165, 1.54) is 27.8 Å². The van der Waals surface area contributed by atoms with Crippen LogP contribution in [0.1, 0.15) is 48.8 Å². The van der Waals surface area contributed by atoms with E-state index < -0.39 is 0 Å². The molecule has 3 rings (SSSR count). The zero-order valence-electron chi connectivity index (χ0n) is 15.4. The molecule has 1 aliphatic carbocycles. The molecule has 132 valence electrons. The van der Waals surface area contributed by atoms with Crippen molar-refractivity contribution in [2.45, 2.75) is 45.4 Å². The molecule has 0 aromatic heterocycles. The number of rotatable bonds is 6. The number of aryl methyl sites for hydroxylation is 2. The minimum Gasteiger partial charge on any atom is -0.496 e. The molecule has 25 heavy (non-hydrogen) atoms. The van der Waals surface area contributed by atoms with Gasteiger partial charge in [0.1, 0.15) is 5.75 Å². The summed E-state index contributed by atoms with van der Waals surface area (Å²) in [5.41, 5.74) is 6.44. The van der Waals surface area contributed by atoms with Gasteiger partial charge >= 0.3 is 0 Å². The topological polar surface area (TPSA) is 38.3 Å². The van der Waals surface area contributed by atoms with Crippen LogP contribution in [-0.2, 0) is 11.2 Å². The van der Waals surface area contributed by atoms with Crippen LogP contribution >= 0.6 is 0 Å². The van der Waals surface area contributed by atoms with E-state index in [0.717, 1.165) is 31.6 Å². The van der Waals surface area contributed by atoms with Crippen molar-refractivity contribution >= 4 is 5.91 Å². The third-order valence-corrected chi connectivity index (χ3v) is 5.16. The molecule has 0 heterocycles. The van der Waals surface area contributed by atoms with E-state index in [0.29, 0.717) is 12.3 Å². The molecule has 1 amide bonds. The van der Waals surface area contributed by atoms with Gasteiger partial charge < -0.3 is 10.1 Å². The number of nitrogens with one attached hydrogen (secondary N) is 1. The maximum absolute atomic E-state index is 11.4. The van der Waals surface area contributed by atoms with Crippen molar-refractivity contribution in [3.8, 4) is 16.9 Å². The summed E-state index contributed by atoms with van der Waals surface area (Å²) in [5.74, 6) is 1.57. The first-order valence-corrected chi connectivity index (χ1v) is 9.17. The molecule has 0 saturated carbocycles. The second-order valence-corrected chi connectivity index (χ2v) is 6.85. The molecule has 0 spiro atoms. The van der Waals surface area contributed by atoms with Crippen LogP contribution in [0.4, 0.5) is 0 Å². The van der Waals surface area contributed by atoms with Gasteiger partial charge in [0.05, 0.1) is 7.11 Å². The number of ether oxygens (including phenoxy) is 1. The maximum Gasteiger partial charge on any atom is 0.219 e. The number of benzene rings is 2. The van der Waals surface area contributed by atoms with Crippen molar-refractivity contribution in [3.63, 3.8) is 0 Å². The number of carbonyl (C=O) groups excluding carboxylic acids is 1. The van der Waals surface area contributed by atoms with Crippen molar-refractivity contribution < 1.29 is 9.53 Å². The molecule has 1 atom stereocenters. The van der Waals surface area contributed by atoms with Crippen LogP contribution in [0.15, 0.2) is 36.4 Å². The summed E-state index contributed by atoms with van der Waals surface area (Å²) >= 11 is 0. The first-order valence-electron chi connectivity index (χ1n) is 9.17. The van der Waals surface area contributed by atoms with Crippen LogP contribution in [0.5, 0.6) is 5.75 Å². The summed E-state index contributed by atoms with van der Waals surface area (Å²) in [6, 6.07) is 13.1. The minimum absolute atomic E-state index is 0.130. The predicted molar refractivity (Wildman–Crippen MR) is 102 cm³/mol. The molecule has 2 aromatic carbocycles. The van der Waals surface area contributed by atoms with Gasteiger partial charge in [0.25, 0.3) is 0 Å². The van der Waals surface area contributed by atoms with Crippen molar-refractivity contribution in [3.05, 3.63) is 53.1 Å². The quantitative estimate of drug-likeness (QED) is 0.835. The molecule has 1 aliphatic rings. The zero-order chi connectivity index (χ0) is 17.8. The highest BCUT2D eigenvalue weighted by atomic mass is 16.5. The van der Waals surface area contributed by atoms with E-state index >= 15 is 0 Å². The number of hydrogen-bond acceptors (Lipinski definition) is 2. The SMILES string of the molecule is CCC(=O)NCCC1CCc2cc(-c3ccc(C)cc3)c(OC)cc21. The Morgan fingerprint density at radius 3 is 2.68 bits per heavy atom. The molecule has 1 N–H and O–H groups in total. The zero-order valence-corrected chi connectivity index (χ0v) is 15.4. The highest BCUT2D eigenvalue weighted by molar-refractivity contribution is 5.75. The fourth-order valence-corrected chi connectivity index (χ4v) is 3.66. The van der Waals surface area contributed by atoms with Crippen molar-refractivity contribution in [2.24, 2.45) is 0 Å². The fraction of sp³-hybridized carbons (Fsp3) is 0.409. The first-order chi connectivity index (χ1) is 12.1. The normalized spacial score (nSPS) is 15.7. The van der Waals surface area contributed by atoms with E-state index in [9.17, 15) is 4.79 Å². The van der Waals surface area contributed by atoms with Gasteiger partial charge in [0.15, 0.2) is 0 Å². The average Bonchev–Trinajstić information content (AvgIpc) is 3.03. The van der Waals surface area contributed by atoms with Gasteiger partial charge in [-0.2, -0.15) is 0 Å². The van der Waals surface area contributed by atoms with E-state index in [4.69, 9.17) is 4.74 Å². The lowest BCUT2D eigenvalue weighted by atomic mass is 9.94. The predicted octanol–water partition coefficient (Wildman–Crippen LogP) is 4.62. The number of methoxy groups -OCH3 is 1. The molecular weight excluding hydrogens is 310 g/mol. The second kappa shape index (κ2) is 7.73. The van der Waals surface area contributed by atoms with E-state index in [1.807, 2.05) is 6.92 Å². The smallest absolute Gasteiger partial charge is 0.219 e. The Balaban J connectivity index is 1.82. The van der Waals surface area contributed by atoms with Crippen molar-refractivity contribution in [1.82, 2.24) is 5.32 Å². The second-order valence-electron chi connectivity index (χ2n) is 6.85. The first kappa shape index (κ1) is 17.5. The molecule has 2 aromatic rings. The van der Waals surface area contributed by atoms with Gasteiger partial charge in [-0.25, -0.2) is 0 Å². The molecular formula is C22H27NO2. The van der Waals surface area contributed by atoms with Crippen LogP contribution in [0.25, 0.3) is 11.1 Å². The van der Waals surface area contributed by atoms with Crippen LogP contribution in [-0.4, -0.2) is 19.6 Å². The van der Waals surface area contributed by atoms with Crippen molar-refractivity contribution in [1.29, 1.82) is 0 Å². The minimum atomic E-state index is 0.130. The van der Waals surface area contributed by atoms with Gasteiger partial charge in [0, 0.05) is 18.5 Å². The summed E-state index contributed by atoms with van der Waals surface area (Å²) in [6.45, 7) is 4.74. The Hall–Kier alpha value is -2.29. The van der Waals surface area contributed by atoms with Crippen LogP contribution in [0.3, 0.4) is 0 Å². The van der Waals surface area contributed by atoms with Crippen LogP contribution in [0, 0.1) is 6.92 Å². The molecule has 0 saturated heterocycles. The average molecular weight is 337 g/mol. The summed E-state index contributed by atoms with van der Waals surface area (Å²) < 4.78 is 5.69. The lowest BCUT2D eigenvalue weighted by Gasteiger charge is -2.16. The Kier molecular flexibility index (Phi) is 5.42. The van der Waals surface area contributed by atoms with Crippen molar-refractivity contribution in [2.75, 3.05) is 13.7 Å². The molecule has 0 fully saturated rings. The molecule has 0 aliphatic heterocycles. The lowest BCUT2D eigenvalue weighted by Crippen LogP contribution is -2.24. The maximum atomic E-state index is 11.4. The van der Waals surface area contributed by atoms with Gasteiger partial charge in [-0.1, -0.05) is 36.8 Å². The summed E-state index contributed by atoms with van der Waals surface area (Å²) in [4.78, 5) is 11.4. The largest absolute Gasteiger partial charge is 0.496 e. The van der Waals surface area contributed by atoms with Gasteiger partial charge in [-0.3, -0.25) is 4.79 Å². The third-order valence-electron chi connectivity index (χ3n) is 5.16. The van der Waals surface area contributed by atoms with E-state index in [1.54, 1.807) is 7.11 Å². The Morgan fingerprint density at radius 2 is 2.00 bits per heavy atom. The third kappa shape index (κ3) is 3.87. The summed E-state index contributed by atoms with van der Waals surface area (Å²) in [7, 11) is 1.74. The van der Waals surface area contributed by atoms with E-state index in [-0.39, 0.29) is 5.91 Å². The number of carbonyl (C=O) groups is 1. The Bertz CT molecular complexity index is 749. The van der Waals surface area contributed by atoms with Crippen LogP contribution < -0.4 is 10.1 Å². The molecule has 3 heteroatoms. The van der Waals surface area contributed by atoms with E-state index in [2.05, 4.69) is 48.6 Å². The van der Waals surface area contributed by atoms with Crippen LogP contribution in [0.2, 0.25) is 0 Å². The molecule has 0 bridgehead atoms. The Labute approximate surface area is 150 Å².